The van der Waals surface area contributed by atoms with Gasteiger partial charge in [-0.05, 0) is 30.2 Å². The van der Waals surface area contributed by atoms with E-state index in [4.69, 9.17) is 4.74 Å². The Morgan fingerprint density at radius 1 is 1.03 bits per heavy atom. The number of carbonyl (C=O) groups excluding carboxylic acids is 3. The average molecular weight is 419 g/mol. The third-order valence-electron chi connectivity index (χ3n) is 3.84. The van der Waals surface area contributed by atoms with E-state index in [9.17, 15) is 22.8 Å². The Morgan fingerprint density at radius 3 is 2.38 bits per heavy atom. The lowest BCUT2D eigenvalue weighted by atomic mass is 10.1. The maximum absolute atomic E-state index is 12.6. The smallest absolute Gasteiger partial charge is 0.338 e. The number of carbonyl (C=O) groups is 3. The van der Waals surface area contributed by atoms with Gasteiger partial charge in [-0.25, -0.2) is 22.7 Å². The van der Waals surface area contributed by atoms with E-state index in [2.05, 4.69) is 10.0 Å². The van der Waals surface area contributed by atoms with Crippen LogP contribution in [0.15, 0.2) is 53.4 Å². The number of nitrogens with one attached hydrogen (secondary N) is 3. The molecule has 2 aromatic rings. The van der Waals surface area contributed by atoms with Crippen molar-refractivity contribution in [1.82, 2.24) is 15.4 Å². The molecule has 3 N–H and O–H groups in total. The maximum Gasteiger partial charge on any atom is 0.338 e. The SMILES string of the molecule is CNC(=O)NC(=O)COC(=O)c1ccc(C)c(S(=O)(=O)NCc2ccccc2)c1. The van der Waals surface area contributed by atoms with Gasteiger partial charge in [-0.15, -0.1) is 0 Å². The van der Waals surface area contributed by atoms with Crippen molar-refractivity contribution in [3.05, 3.63) is 65.2 Å². The van der Waals surface area contributed by atoms with Crippen molar-refractivity contribution in [2.45, 2.75) is 18.4 Å². The lowest BCUT2D eigenvalue weighted by Gasteiger charge is -2.11. The van der Waals surface area contributed by atoms with Crippen LogP contribution in [-0.2, 0) is 26.1 Å². The Hall–Kier alpha value is -3.24. The van der Waals surface area contributed by atoms with E-state index in [0.29, 0.717) is 5.56 Å². The minimum atomic E-state index is -3.89. The van der Waals surface area contributed by atoms with Crippen molar-refractivity contribution >= 4 is 27.9 Å². The molecule has 10 heteroatoms. The van der Waals surface area contributed by atoms with Gasteiger partial charge in [-0.3, -0.25) is 10.1 Å². The van der Waals surface area contributed by atoms with Gasteiger partial charge in [0, 0.05) is 13.6 Å². The molecule has 2 rings (SSSR count). The molecule has 0 fully saturated rings. The highest BCUT2D eigenvalue weighted by Crippen LogP contribution is 2.18. The zero-order chi connectivity index (χ0) is 21.4. The van der Waals surface area contributed by atoms with Gasteiger partial charge in [0.1, 0.15) is 0 Å². The van der Waals surface area contributed by atoms with Gasteiger partial charge in [0.15, 0.2) is 6.61 Å². The highest BCUT2D eigenvalue weighted by atomic mass is 32.2. The van der Waals surface area contributed by atoms with Crippen molar-refractivity contribution in [3.63, 3.8) is 0 Å². The van der Waals surface area contributed by atoms with Crippen LogP contribution in [0.3, 0.4) is 0 Å². The molecule has 29 heavy (non-hydrogen) atoms. The summed E-state index contributed by atoms with van der Waals surface area (Å²) in [5, 5.41) is 4.13. The fourth-order valence-electron chi connectivity index (χ4n) is 2.31. The predicted molar refractivity (Wildman–Crippen MR) is 105 cm³/mol. The first-order valence-corrected chi connectivity index (χ1v) is 10.0. The standard InChI is InChI=1S/C19H21N3O6S/c1-13-8-9-15(18(24)28-12-17(23)22-19(25)20-2)10-16(13)29(26,27)21-11-14-6-4-3-5-7-14/h3-10,21H,11-12H2,1-2H3,(H2,20,22,23,25). The van der Waals surface area contributed by atoms with E-state index in [1.807, 2.05) is 11.4 Å². The second-order valence-corrected chi connectivity index (χ2v) is 7.73. The molecule has 0 aliphatic rings. The molecule has 0 saturated heterocycles. The van der Waals surface area contributed by atoms with Gasteiger partial charge < -0.3 is 10.1 Å². The Balaban J connectivity index is 2.08. The predicted octanol–water partition coefficient (Wildman–Crippen LogP) is 1.09. The second kappa shape index (κ2) is 9.80. The van der Waals surface area contributed by atoms with Crippen LogP contribution in [0.2, 0.25) is 0 Å². The third-order valence-corrected chi connectivity index (χ3v) is 5.38. The molecule has 2 aromatic carbocycles. The third kappa shape index (κ3) is 6.40. The summed E-state index contributed by atoms with van der Waals surface area (Å²) in [6, 6.07) is 12.3. The Labute approximate surface area is 168 Å². The van der Waals surface area contributed by atoms with E-state index in [-0.39, 0.29) is 17.0 Å². The number of imide groups is 1. The van der Waals surface area contributed by atoms with E-state index in [1.54, 1.807) is 31.2 Å². The normalized spacial score (nSPS) is 10.8. The van der Waals surface area contributed by atoms with Crippen LogP contribution in [0.4, 0.5) is 4.79 Å². The average Bonchev–Trinajstić information content (AvgIpc) is 2.71. The lowest BCUT2D eigenvalue weighted by molar-refractivity contribution is -0.123. The molecule has 154 valence electrons. The monoisotopic (exact) mass is 419 g/mol. The molecular weight excluding hydrogens is 398 g/mol. The Morgan fingerprint density at radius 2 is 1.72 bits per heavy atom. The number of ether oxygens (including phenoxy) is 1. The van der Waals surface area contributed by atoms with Crippen LogP contribution in [0.1, 0.15) is 21.5 Å². The molecule has 0 unspecified atom stereocenters. The van der Waals surface area contributed by atoms with Crippen LogP contribution in [0.25, 0.3) is 0 Å². The summed E-state index contributed by atoms with van der Waals surface area (Å²) in [5.74, 6) is -1.71. The summed E-state index contributed by atoms with van der Waals surface area (Å²) in [5.41, 5.74) is 1.19. The largest absolute Gasteiger partial charge is 0.452 e. The summed E-state index contributed by atoms with van der Waals surface area (Å²) in [7, 11) is -2.56. The zero-order valence-corrected chi connectivity index (χ0v) is 16.7. The highest BCUT2D eigenvalue weighted by Gasteiger charge is 2.20. The van der Waals surface area contributed by atoms with Crippen molar-refractivity contribution in [1.29, 1.82) is 0 Å². The fourth-order valence-corrected chi connectivity index (χ4v) is 3.59. The van der Waals surface area contributed by atoms with Gasteiger partial charge in [-0.2, -0.15) is 0 Å². The second-order valence-electron chi connectivity index (χ2n) is 5.99. The number of rotatable bonds is 7. The number of sulfonamides is 1. The van der Waals surface area contributed by atoms with Crippen molar-refractivity contribution in [3.8, 4) is 0 Å². The van der Waals surface area contributed by atoms with E-state index in [0.717, 1.165) is 5.56 Å². The molecule has 0 aromatic heterocycles. The first kappa shape index (κ1) is 22.1. The maximum atomic E-state index is 12.6. The van der Waals surface area contributed by atoms with Crippen LogP contribution in [0, 0.1) is 6.92 Å². The molecule has 0 bridgehead atoms. The molecule has 0 spiro atoms. The number of esters is 1. The fraction of sp³-hybridized carbons (Fsp3) is 0.211. The minimum absolute atomic E-state index is 0.0385. The summed E-state index contributed by atoms with van der Waals surface area (Å²) in [6.45, 7) is 1.01. The van der Waals surface area contributed by atoms with Crippen molar-refractivity contribution < 1.29 is 27.5 Å². The molecule has 0 radical (unpaired) electrons. The van der Waals surface area contributed by atoms with Crippen molar-refractivity contribution in [2.24, 2.45) is 0 Å². The first-order chi connectivity index (χ1) is 13.7. The highest BCUT2D eigenvalue weighted by molar-refractivity contribution is 7.89. The first-order valence-electron chi connectivity index (χ1n) is 8.56. The molecule has 0 aliphatic carbocycles. The van der Waals surface area contributed by atoms with Crippen LogP contribution < -0.4 is 15.4 Å². The number of aryl methyl sites for hydroxylation is 1. The number of hydrogen-bond acceptors (Lipinski definition) is 6. The van der Waals surface area contributed by atoms with Crippen molar-refractivity contribution in [2.75, 3.05) is 13.7 Å². The number of amides is 3. The number of urea groups is 1. The summed E-state index contributed by atoms with van der Waals surface area (Å²) in [4.78, 5) is 34.6. The van der Waals surface area contributed by atoms with Gasteiger partial charge in [-0.1, -0.05) is 36.4 Å². The Bertz CT molecular complexity index is 1010. The van der Waals surface area contributed by atoms with Gasteiger partial charge in [0.2, 0.25) is 10.0 Å². The summed E-state index contributed by atoms with van der Waals surface area (Å²) in [6.07, 6.45) is 0. The quantitative estimate of drug-likeness (QED) is 0.576. The number of hydrogen-bond donors (Lipinski definition) is 3. The molecular formula is C19H21N3O6S. The van der Waals surface area contributed by atoms with Gasteiger partial charge in [0.05, 0.1) is 10.5 Å². The topological polar surface area (TPSA) is 131 Å². The van der Waals surface area contributed by atoms with E-state index in [1.165, 1.54) is 25.2 Å². The van der Waals surface area contributed by atoms with Crippen LogP contribution in [-0.4, -0.2) is 40.0 Å². The molecule has 0 heterocycles. The molecule has 9 nitrogen and oxygen atoms in total. The van der Waals surface area contributed by atoms with Crippen LogP contribution >= 0.6 is 0 Å². The lowest BCUT2D eigenvalue weighted by Crippen LogP contribution is -2.39. The minimum Gasteiger partial charge on any atom is -0.452 e. The van der Waals surface area contributed by atoms with Crippen LogP contribution in [0.5, 0.6) is 0 Å². The number of benzene rings is 2. The molecule has 0 saturated carbocycles. The molecule has 0 atom stereocenters. The molecule has 0 aliphatic heterocycles. The van der Waals surface area contributed by atoms with E-state index < -0.39 is 34.5 Å². The van der Waals surface area contributed by atoms with E-state index >= 15 is 0 Å². The molecule has 3 amide bonds. The van der Waals surface area contributed by atoms with Gasteiger partial charge in [0.25, 0.3) is 5.91 Å². The zero-order valence-electron chi connectivity index (χ0n) is 15.9. The summed E-state index contributed by atoms with van der Waals surface area (Å²) >= 11 is 0. The van der Waals surface area contributed by atoms with Gasteiger partial charge >= 0.3 is 12.0 Å². The summed E-state index contributed by atoms with van der Waals surface area (Å²) < 4.78 is 32.6. The Kier molecular flexibility index (Phi) is 7.46.